The molecule has 54 valence electrons. The van der Waals surface area contributed by atoms with Gasteiger partial charge in [0, 0.05) is 12.4 Å². The summed E-state index contributed by atoms with van der Waals surface area (Å²) in [7, 11) is 0. The second-order valence-corrected chi connectivity index (χ2v) is 3.43. The molecular formula is C6H8N2S2. The van der Waals surface area contributed by atoms with Crippen LogP contribution in [0.3, 0.4) is 0 Å². The van der Waals surface area contributed by atoms with E-state index in [1.807, 2.05) is 12.4 Å². The van der Waals surface area contributed by atoms with Crippen LogP contribution in [0.2, 0.25) is 0 Å². The first-order valence-electron chi connectivity index (χ1n) is 3.04. The monoisotopic (exact) mass is 172 g/mol. The number of rotatable bonds is 2. The molecule has 0 saturated carbocycles. The van der Waals surface area contributed by atoms with Crippen molar-refractivity contribution in [3.05, 3.63) is 10.2 Å². The Kier molecular flexibility index (Phi) is 2.77. The van der Waals surface area contributed by atoms with Crippen LogP contribution < -0.4 is 0 Å². The molecule has 0 spiro atoms. The predicted molar refractivity (Wildman–Crippen MR) is 47.9 cm³/mol. The molecule has 2 nitrogen and oxygen atoms in total. The molecule has 1 heterocycles. The molecule has 10 heavy (non-hydrogen) atoms. The molecule has 0 fully saturated rings. The van der Waals surface area contributed by atoms with Crippen molar-refractivity contribution >= 4 is 34.8 Å². The second-order valence-electron chi connectivity index (χ2n) is 1.74. The van der Waals surface area contributed by atoms with Gasteiger partial charge in [0.2, 0.25) is 0 Å². The zero-order valence-corrected chi connectivity index (χ0v) is 7.26. The van der Waals surface area contributed by atoms with Crippen molar-refractivity contribution < 1.29 is 0 Å². The van der Waals surface area contributed by atoms with Gasteiger partial charge in [-0.25, -0.2) is 4.99 Å². The van der Waals surface area contributed by atoms with Crippen molar-refractivity contribution in [2.45, 2.75) is 13.3 Å². The van der Waals surface area contributed by atoms with Crippen LogP contribution in [0.25, 0.3) is 0 Å². The van der Waals surface area contributed by atoms with Gasteiger partial charge >= 0.3 is 0 Å². The molecule has 1 N–H and O–H groups in total. The molecule has 0 unspecified atom stereocenters. The molecule has 0 aliphatic heterocycles. The highest BCUT2D eigenvalue weighted by molar-refractivity contribution is 7.73. The second kappa shape index (κ2) is 3.63. The lowest BCUT2D eigenvalue weighted by molar-refractivity contribution is 1.31. The summed E-state index contributed by atoms with van der Waals surface area (Å²) in [6.07, 6.45) is 4.65. The number of hydrogen-bond donors (Lipinski definition) is 1. The highest BCUT2D eigenvalue weighted by Crippen LogP contribution is 2.17. The number of hydrogen-bond acceptors (Lipinski definition) is 3. The minimum absolute atomic E-state index is 0.781. The van der Waals surface area contributed by atoms with Gasteiger partial charge in [-0.15, -0.1) is 0 Å². The molecule has 0 saturated heterocycles. The number of aromatic amines is 1. The van der Waals surface area contributed by atoms with Crippen molar-refractivity contribution in [3.8, 4) is 0 Å². The molecule has 0 amide bonds. The number of nitrogens with one attached hydrogen (secondary N) is 1. The minimum Gasteiger partial charge on any atom is -0.342 e. The maximum absolute atomic E-state index is 4.87. The van der Waals surface area contributed by atoms with E-state index in [1.54, 1.807) is 0 Å². The Morgan fingerprint density at radius 1 is 1.90 bits per heavy atom. The van der Waals surface area contributed by atoms with Crippen LogP contribution in [-0.2, 0) is 0 Å². The highest BCUT2D eigenvalue weighted by atomic mass is 32.1. The molecule has 0 atom stereocenters. The summed E-state index contributed by atoms with van der Waals surface area (Å²) in [5, 5.41) is 0.951. The fourth-order valence-electron chi connectivity index (χ4n) is 0.519. The highest BCUT2D eigenvalue weighted by Gasteiger charge is 1.87. The lowest BCUT2D eigenvalue weighted by Crippen LogP contribution is -1.62. The lowest BCUT2D eigenvalue weighted by Gasteiger charge is -1.78. The van der Waals surface area contributed by atoms with E-state index in [4.69, 9.17) is 12.2 Å². The SMILES string of the molecule is CC/C=N/c1c[nH]c(=S)s1. The van der Waals surface area contributed by atoms with Gasteiger partial charge in [-0.3, -0.25) is 0 Å². The first kappa shape index (κ1) is 7.63. The Morgan fingerprint density at radius 3 is 3.20 bits per heavy atom. The van der Waals surface area contributed by atoms with E-state index in [0.29, 0.717) is 0 Å². The quantitative estimate of drug-likeness (QED) is 0.539. The Hall–Kier alpha value is -0.480. The minimum atomic E-state index is 0.781. The molecule has 4 heteroatoms. The Morgan fingerprint density at radius 2 is 2.70 bits per heavy atom. The molecule has 1 rings (SSSR count). The third-order valence-electron chi connectivity index (χ3n) is 0.912. The van der Waals surface area contributed by atoms with Crippen LogP contribution >= 0.6 is 23.6 Å². The molecule has 1 aromatic heterocycles. The standard InChI is InChI=1S/C6H8N2S2/c1-2-3-7-5-4-8-6(9)10-5/h3-4H,2H2,1H3,(H,8,9)/b7-3+. The summed E-state index contributed by atoms with van der Waals surface area (Å²) in [5.41, 5.74) is 0. The van der Waals surface area contributed by atoms with Gasteiger partial charge in [-0.05, 0) is 18.6 Å². The van der Waals surface area contributed by atoms with E-state index >= 15 is 0 Å². The summed E-state index contributed by atoms with van der Waals surface area (Å²) in [6, 6.07) is 0. The fraction of sp³-hybridized carbons (Fsp3) is 0.333. The molecule has 0 aliphatic carbocycles. The van der Waals surface area contributed by atoms with Crippen LogP contribution in [0.15, 0.2) is 11.2 Å². The molecule has 0 radical (unpaired) electrons. The van der Waals surface area contributed by atoms with E-state index in [1.165, 1.54) is 11.3 Å². The Labute approximate surface area is 68.6 Å². The van der Waals surface area contributed by atoms with E-state index in [-0.39, 0.29) is 0 Å². The first-order valence-corrected chi connectivity index (χ1v) is 4.26. The van der Waals surface area contributed by atoms with Crippen LogP contribution in [0, 0.1) is 3.95 Å². The zero-order chi connectivity index (χ0) is 7.40. The summed E-state index contributed by atoms with van der Waals surface area (Å²) in [4.78, 5) is 7.04. The van der Waals surface area contributed by atoms with Crippen molar-refractivity contribution in [1.29, 1.82) is 0 Å². The average molecular weight is 172 g/mol. The third-order valence-corrected chi connectivity index (χ3v) is 2.02. The number of H-pyrrole nitrogens is 1. The van der Waals surface area contributed by atoms with Crippen LogP contribution in [0.1, 0.15) is 13.3 Å². The van der Waals surface area contributed by atoms with E-state index in [0.717, 1.165) is 15.4 Å². The smallest absolute Gasteiger partial charge is 0.160 e. The molecular weight excluding hydrogens is 164 g/mol. The van der Waals surface area contributed by atoms with E-state index < -0.39 is 0 Å². The largest absolute Gasteiger partial charge is 0.342 e. The van der Waals surface area contributed by atoms with Gasteiger partial charge in [-0.2, -0.15) is 0 Å². The van der Waals surface area contributed by atoms with Crippen LogP contribution in [0.4, 0.5) is 5.00 Å². The van der Waals surface area contributed by atoms with Crippen molar-refractivity contribution in [1.82, 2.24) is 4.98 Å². The number of nitrogens with zero attached hydrogens (tertiary/aromatic N) is 1. The number of thiazole rings is 1. The van der Waals surface area contributed by atoms with Crippen molar-refractivity contribution in [2.24, 2.45) is 4.99 Å². The first-order chi connectivity index (χ1) is 4.83. The molecule has 0 bridgehead atoms. The summed E-state index contributed by atoms with van der Waals surface area (Å²) < 4.78 is 0.781. The maximum atomic E-state index is 4.87. The van der Waals surface area contributed by atoms with Gasteiger partial charge in [0.25, 0.3) is 0 Å². The van der Waals surface area contributed by atoms with Crippen molar-refractivity contribution in [2.75, 3.05) is 0 Å². The summed E-state index contributed by atoms with van der Waals surface area (Å²) in [6.45, 7) is 2.05. The summed E-state index contributed by atoms with van der Waals surface area (Å²) >= 11 is 6.36. The van der Waals surface area contributed by atoms with E-state index in [9.17, 15) is 0 Å². The van der Waals surface area contributed by atoms with Gasteiger partial charge < -0.3 is 4.98 Å². The molecule has 0 aliphatic rings. The zero-order valence-electron chi connectivity index (χ0n) is 5.63. The van der Waals surface area contributed by atoms with Crippen LogP contribution in [-0.4, -0.2) is 11.2 Å². The van der Waals surface area contributed by atoms with Gasteiger partial charge in [0.15, 0.2) is 3.95 Å². The van der Waals surface area contributed by atoms with Gasteiger partial charge in [0.05, 0.1) is 0 Å². The van der Waals surface area contributed by atoms with Gasteiger partial charge in [-0.1, -0.05) is 18.3 Å². The molecule has 1 aromatic rings. The van der Waals surface area contributed by atoms with Crippen LogP contribution in [0.5, 0.6) is 0 Å². The predicted octanol–water partition coefficient (Wildman–Crippen LogP) is 2.92. The Bertz CT molecular complexity index is 271. The van der Waals surface area contributed by atoms with Gasteiger partial charge in [0.1, 0.15) is 5.00 Å². The number of aromatic nitrogens is 1. The lowest BCUT2D eigenvalue weighted by atomic mass is 10.5. The number of aliphatic imine (C=N–C) groups is 1. The molecule has 0 aromatic carbocycles. The average Bonchev–Trinajstić information content (AvgIpc) is 2.31. The topological polar surface area (TPSA) is 28.1 Å². The van der Waals surface area contributed by atoms with E-state index in [2.05, 4.69) is 16.9 Å². The Balaban J connectivity index is 2.76. The summed E-state index contributed by atoms with van der Waals surface area (Å²) in [5.74, 6) is 0. The normalized spacial score (nSPS) is 10.9. The maximum Gasteiger partial charge on any atom is 0.160 e. The third kappa shape index (κ3) is 2.04. The van der Waals surface area contributed by atoms with Crippen molar-refractivity contribution in [3.63, 3.8) is 0 Å². The fourth-order valence-corrected chi connectivity index (χ4v) is 1.39.